The molecule has 0 atom stereocenters. The van der Waals surface area contributed by atoms with Crippen LogP contribution in [-0.4, -0.2) is 27.1 Å². The van der Waals surface area contributed by atoms with Crippen molar-refractivity contribution in [1.82, 2.24) is 15.2 Å². The van der Waals surface area contributed by atoms with E-state index in [1.165, 1.54) is 18.0 Å². The zero-order chi connectivity index (χ0) is 25.7. The van der Waals surface area contributed by atoms with Crippen LogP contribution in [0.15, 0.2) is 129 Å². The molecule has 1 aliphatic heterocycles. The predicted molar refractivity (Wildman–Crippen MR) is 152 cm³/mol. The van der Waals surface area contributed by atoms with Gasteiger partial charge in [0.1, 0.15) is 5.76 Å². The highest BCUT2D eigenvalue weighted by atomic mass is 32.2. The third kappa shape index (κ3) is 5.11. The normalized spacial score (nSPS) is 14.4. The molecule has 0 unspecified atom stereocenters. The first kappa shape index (κ1) is 23.4. The Morgan fingerprint density at radius 1 is 0.868 bits per heavy atom. The molecule has 0 saturated carbocycles. The highest BCUT2D eigenvalue weighted by molar-refractivity contribution is 8.18. The zero-order valence-electron chi connectivity index (χ0n) is 20.1. The maximum absolute atomic E-state index is 12.4. The van der Waals surface area contributed by atoms with Crippen molar-refractivity contribution in [2.45, 2.75) is 0 Å². The quantitative estimate of drug-likeness (QED) is 0.161. The van der Waals surface area contributed by atoms with E-state index >= 15 is 0 Å². The van der Waals surface area contributed by atoms with Crippen molar-refractivity contribution in [3.8, 4) is 28.2 Å². The molecule has 0 aliphatic carbocycles. The number of nitrogens with one attached hydrogen (secondary N) is 1. The molecule has 1 N–H and O–H groups in total. The van der Waals surface area contributed by atoms with Gasteiger partial charge in [0.15, 0.2) is 5.17 Å². The van der Waals surface area contributed by atoms with Crippen molar-refractivity contribution in [1.29, 1.82) is 0 Å². The molecule has 3 heterocycles. The van der Waals surface area contributed by atoms with Crippen LogP contribution in [0, 0.1) is 0 Å². The molecule has 7 nitrogen and oxygen atoms in total. The molecule has 3 aromatic carbocycles. The Morgan fingerprint density at radius 2 is 1.61 bits per heavy atom. The first-order valence-corrected chi connectivity index (χ1v) is 12.7. The van der Waals surface area contributed by atoms with Crippen molar-refractivity contribution in [2.75, 3.05) is 0 Å². The molecular weight excluding hydrogens is 494 g/mol. The minimum Gasteiger partial charge on any atom is -0.463 e. The SMILES string of the molecule is O=C1N=C(NN=Cc2ccco2)SC1=Cc1ccc(-n2nc(-c3ccccc3)cc2-c2ccccc2)cc1. The topological polar surface area (TPSA) is 84.8 Å². The van der Waals surface area contributed by atoms with Gasteiger partial charge in [-0.2, -0.15) is 15.2 Å². The van der Waals surface area contributed by atoms with Gasteiger partial charge < -0.3 is 4.42 Å². The number of rotatable bonds is 6. The molecule has 2 aromatic heterocycles. The highest BCUT2D eigenvalue weighted by Crippen LogP contribution is 2.30. The van der Waals surface area contributed by atoms with E-state index in [4.69, 9.17) is 9.52 Å². The molecule has 0 fully saturated rings. The lowest BCUT2D eigenvalue weighted by Crippen LogP contribution is -2.11. The van der Waals surface area contributed by atoms with E-state index in [9.17, 15) is 4.79 Å². The third-order valence-electron chi connectivity index (χ3n) is 5.80. The highest BCUT2D eigenvalue weighted by Gasteiger charge is 2.21. The van der Waals surface area contributed by atoms with Crippen LogP contribution in [0.5, 0.6) is 0 Å². The number of hydrazone groups is 1. The van der Waals surface area contributed by atoms with Crippen molar-refractivity contribution < 1.29 is 9.21 Å². The summed E-state index contributed by atoms with van der Waals surface area (Å²) in [6, 6.07) is 33.9. The van der Waals surface area contributed by atoms with Gasteiger partial charge in [0, 0.05) is 11.1 Å². The van der Waals surface area contributed by atoms with E-state index in [0.717, 1.165) is 33.8 Å². The maximum Gasteiger partial charge on any atom is 0.286 e. The predicted octanol–water partition coefficient (Wildman–Crippen LogP) is 6.39. The summed E-state index contributed by atoms with van der Waals surface area (Å²) in [5.74, 6) is 0.299. The Balaban J connectivity index is 1.23. The summed E-state index contributed by atoms with van der Waals surface area (Å²) < 4.78 is 7.15. The number of carbonyl (C=O) groups excluding carboxylic acids is 1. The van der Waals surface area contributed by atoms with Gasteiger partial charge in [-0.25, -0.2) is 4.68 Å². The Labute approximate surface area is 223 Å². The van der Waals surface area contributed by atoms with Gasteiger partial charge >= 0.3 is 0 Å². The van der Waals surface area contributed by atoms with Crippen molar-refractivity contribution in [3.05, 3.63) is 126 Å². The molecule has 6 rings (SSSR count). The van der Waals surface area contributed by atoms with Crippen LogP contribution in [0.3, 0.4) is 0 Å². The summed E-state index contributed by atoms with van der Waals surface area (Å²) in [6.07, 6.45) is 4.91. The maximum atomic E-state index is 12.4. The van der Waals surface area contributed by atoms with Gasteiger partial charge in [0.2, 0.25) is 0 Å². The van der Waals surface area contributed by atoms with Gasteiger partial charge in [-0.1, -0.05) is 72.8 Å². The van der Waals surface area contributed by atoms with Crippen LogP contribution >= 0.6 is 11.8 Å². The van der Waals surface area contributed by atoms with Crippen LogP contribution in [0.4, 0.5) is 0 Å². The first-order chi connectivity index (χ1) is 18.7. The minimum atomic E-state index is -0.305. The summed E-state index contributed by atoms with van der Waals surface area (Å²) >= 11 is 1.24. The Hall–Kier alpha value is -4.95. The number of hydrogen-bond acceptors (Lipinski definition) is 6. The number of benzene rings is 3. The van der Waals surface area contributed by atoms with Gasteiger partial charge in [-0.3, -0.25) is 10.2 Å². The zero-order valence-corrected chi connectivity index (χ0v) is 20.9. The fraction of sp³-hybridized carbons (Fsp3) is 0. The van der Waals surface area contributed by atoms with Crippen LogP contribution in [0.25, 0.3) is 34.3 Å². The van der Waals surface area contributed by atoms with Crippen LogP contribution < -0.4 is 5.43 Å². The number of thioether (sulfide) groups is 1. The fourth-order valence-corrected chi connectivity index (χ4v) is 4.74. The Kier molecular flexibility index (Phi) is 6.53. The van der Waals surface area contributed by atoms with Crippen molar-refractivity contribution in [2.24, 2.45) is 10.1 Å². The molecular formula is C30H21N5O2S. The molecule has 0 radical (unpaired) electrons. The number of amides is 1. The van der Waals surface area contributed by atoms with E-state index in [-0.39, 0.29) is 5.91 Å². The lowest BCUT2D eigenvalue weighted by molar-refractivity contribution is -0.113. The van der Waals surface area contributed by atoms with E-state index in [1.54, 1.807) is 18.4 Å². The number of furan rings is 1. The number of hydrogen-bond donors (Lipinski definition) is 1. The standard InChI is InChI=1S/C30H21N5O2S/c36-29-28(38-30(32-29)33-31-20-25-12-7-17-37-25)18-21-13-15-24(16-14-21)35-27(23-10-5-2-6-11-23)19-26(34-35)22-8-3-1-4-9-22/h1-20H,(H,32,33,36). The van der Waals surface area contributed by atoms with Gasteiger partial charge in [-0.05, 0) is 53.7 Å². The molecule has 0 saturated heterocycles. The smallest absolute Gasteiger partial charge is 0.286 e. The summed E-state index contributed by atoms with van der Waals surface area (Å²) in [5, 5.41) is 9.40. The monoisotopic (exact) mass is 515 g/mol. The average molecular weight is 516 g/mol. The summed E-state index contributed by atoms with van der Waals surface area (Å²) in [5.41, 5.74) is 8.62. The number of nitrogens with zero attached hydrogens (tertiary/aromatic N) is 4. The molecule has 0 bridgehead atoms. The van der Waals surface area contributed by atoms with E-state index in [0.29, 0.717) is 15.8 Å². The molecule has 184 valence electrons. The second kappa shape index (κ2) is 10.6. The largest absolute Gasteiger partial charge is 0.463 e. The number of aliphatic imine (C=N–C) groups is 1. The molecule has 8 heteroatoms. The second-order valence-electron chi connectivity index (χ2n) is 8.37. The lowest BCUT2D eigenvalue weighted by Gasteiger charge is -2.08. The molecule has 38 heavy (non-hydrogen) atoms. The van der Waals surface area contributed by atoms with E-state index in [1.807, 2.05) is 71.4 Å². The molecule has 1 amide bonds. The Bertz CT molecular complexity index is 1650. The summed E-state index contributed by atoms with van der Waals surface area (Å²) in [7, 11) is 0. The van der Waals surface area contributed by atoms with Crippen LogP contribution in [0.1, 0.15) is 11.3 Å². The molecule has 1 aliphatic rings. The van der Waals surface area contributed by atoms with Gasteiger partial charge in [0.05, 0.1) is 34.5 Å². The number of amidine groups is 1. The average Bonchev–Trinajstić information content (AvgIpc) is 3.71. The number of aromatic nitrogens is 2. The van der Waals surface area contributed by atoms with E-state index in [2.05, 4.69) is 45.9 Å². The van der Waals surface area contributed by atoms with Crippen LogP contribution in [-0.2, 0) is 4.79 Å². The number of carbonyl (C=O) groups is 1. The van der Waals surface area contributed by atoms with Crippen molar-refractivity contribution >= 4 is 35.1 Å². The summed E-state index contributed by atoms with van der Waals surface area (Å²) in [6.45, 7) is 0. The first-order valence-electron chi connectivity index (χ1n) is 11.9. The molecule has 5 aromatic rings. The second-order valence-corrected chi connectivity index (χ2v) is 9.40. The van der Waals surface area contributed by atoms with E-state index < -0.39 is 0 Å². The summed E-state index contributed by atoms with van der Waals surface area (Å²) in [4.78, 5) is 17.0. The third-order valence-corrected chi connectivity index (χ3v) is 6.69. The Morgan fingerprint density at radius 3 is 2.32 bits per heavy atom. The minimum absolute atomic E-state index is 0.305. The lowest BCUT2D eigenvalue weighted by atomic mass is 10.1. The van der Waals surface area contributed by atoms with Gasteiger partial charge in [-0.15, -0.1) is 0 Å². The molecule has 0 spiro atoms. The van der Waals surface area contributed by atoms with Gasteiger partial charge in [0.25, 0.3) is 5.91 Å². The van der Waals surface area contributed by atoms with Crippen LogP contribution in [0.2, 0.25) is 0 Å². The fourth-order valence-electron chi connectivity index (χ4n) is 3.98. The van der Waals surface area contributed by atoms with Crippen molar-refractivity contribution in [3.63, 3.8) is 0 Å².